The van der Waals surface area contributed by atoms with Crippen LogP contribution in [0, 0.1) is 12.3 Å². The molecule has 0 aliphatic heterocycles. The van der Waals surface area contributed by atoms with Gasteiger partial charge in [0.1, 0.15) is 0 Å². The molecule has 2 rings (SSSR count). The van der Waals surface area contributed by atoms with Crippen molar-refractivity contribution in [3.05, 3.63) is 30.3 Å². The fourth-order valence-corrected chi connectivity index (χ4v) is 3.14. The van der Waals surface area contributed by atoms with Gasteiger partial charge in [0.15, 0.2) is 0 Å². The SMILES string of the molecule is C#CCC1(S(=O)c2ccccc2)CC1. The smallest absolute Gasteiger partial charge is 0.0615 e. The minimum Gasteiger partial charge on any atom is -0.254 e. The van der Waals surface area contributed by atoms with Gasteiger partial charge >= 0.3 is 0 Å². The van der Waals surface area contributed by atoms with Gasteiger partial charge in [0.25, 0.3) is 0 Å². The molecule has 2 heteroatoms. The maximum Gasteiger partial charge on any atom is 0.0615 e. The fourth-order valence-electron chi connectivity index (χ4n) is 1.55. The zero-order chi connectivity index (χ0) is 10.0. The fraction of sp³-hybridized carbons (Fsp3) is 0.333. The van der Waals surface area contributed by atoms with Crippen LogP contribution >= 0.6 is 0 Å². The summed E-state index contributed by atoms with van der Waals surface area (Å²) < 4.78 is 12.0. The minimum absolute atomic E-state index is 0.101. The van der Waals surface area contributed by atoms with Crippen LogP contribution < -0.4 is 0 Å². The summed E-state index contributed by atoms with van der Waals surface area (Å²) in [5, 5.41) is 0. The maximum atomic E-state index is 12.1. The largest absolute Gasteiger partial charge is 0.254 e. The quantitative estimate of drug-likeness (QED) is 0.691. The van der Waals surface area contributed by atoms with E-state index in [1.54, 1.807) is 0 Å². The molecule has 0 bridgehead atoms. The highest BCUT2D eigenvalue weighted by Gasteiger charge is 2.48. The monoisotopic (exact) mass is 204 g/mol. The van der Waals surface area contributed by atoms with Gasteiger partial charge in [-0.05, 0) is 25.0 Å². The molecule has 1 fully saturated rings. The van der Waals surface area contributed by atoms with Crippen LogP contribution in [0.4, 0.5) is 0 Å². The van der Waals surface area contributed by atoms with Gasteiger partial charge in [-0.25, -0.2) is 0 Å². The van der Waals surface area contributed by atoms with Gasteiger partial charge in [-0.1, -0.05) is 18.2 Å². The first kappa shape index (κ1) is 9.48. The first-order valence-corrected chi connectivity index (χ1v) is 5.84. The van der Waals surface area contributed by atoms with Crippen molar-refractivity contribution in [1.29, 1.82) is 0 Å². The van der Waals surface area contributed by atoms with Crippen molar-refractivity contribution in [3.8, 4) is 12.3 Å². The molecule has 14 heavy (non-hydrogen) atoms. The van der Waals surface area contributed by atoms with E-state index in [4.69, 9.17) is 6.42 Å². The summed E-state index contributed by atoms with van der Waals surface area (Å²) in [4.78, 5) is 0.903. The minimum atomic E-state index is -0.925. The molecular formula is C12H12OS. The highest BCUT2D eigenvalue weighted by atomic mass is 32.2. The summed E-state index contributed by atoms with van der Waals surface area (Å²) in [7, 11) is -0.925. The standard InChI is InChI=1S/C12H12OS/c1-2-8-12(9-10-12)14(13)11-6-4-3-5-7-11/h1,3-7H,8-10H2. The van der Waals surface area contributed by atoms with Crippen LogP contribution in [0.3, 0.4) is 0 Å². The van der Waals surface area contributed by atoms with E-state index in [0.29, 0.717) is 6.42 Å². The lowest BCUT2D eigenvalue weighted by atomic mass is 10.3. The molecule has 1 aliphatic rings. The van der Waals surface area contributed by atoms with Crippen molar-refractivity contribution in [2.24, 2.45) is 0 Å². The van der Waals surface area contributed by atoms with E-state index in [9.17, 15) is 4.21 Å². The number of terminal acetylenes is 1. The Morgan fingerprint density at radius 2 is 2.00 bits per heavy atom. The van der Waals surface area contributed by atoms with Crippen LogP contribution in [0.2, 0.25) is 0 Å². The Labute approximate surface area is 87.0 Å². The molecule has 0 radical (unpaired) electrons. The first-order valence-electron chi connectivity index (χ1n) is 4.69. The van der Waals surface area contributed by atoms with Gasteiger partial charge in [0.2, 0.25) is 0 Å². The Kier molecular flexibility index (Phi) is 2.43. The molecule has 0 amide bonds. The molecule has 1 aromatic rings. The highest BCUT2D eigenvalue weighted by Crippen LogP contribution is 2.46. The summed E-state index contributed by atoms with van der Waals surface area (Å²) in [6.45, 7) is 0. The molecule has 1 aromatic carbocycles. The average Bonchev–Trinajstić information content (AvgIpc) is 3.00. The first-order chi connectivity index (χ1) is 6.78. The van der Waals surface area contributed by atoms with Crippen LogP contribution in [0.5, 0.6) is 0 Å². The van der Waals surface area contributed by atoms with Gasteiger partial charge in [0, 0.05) is 11.3 Å². The Balaban J connectivity index is 2.22. The van der Waals surface area contributed by atoms with Crippen LogP contribution in [0.15, 0.2) is 35.2 Å². The summed E-state index contributed by atoms with van der Waals surface area (Å²) in [5.74, 6) is 2.63. The third-order valence-electron chi connectivity index (χ3n) is 2.58. The average molecular weight is 204 g/mol. The van der Waals surface area contributed by atoms with Crippen molar-refractivity contribution < 1.29 is 4.21 Å². The second kappa shape index (κ2) is 3.59. The number of rotatable bonds is 3. The van der Waals surface area contributed by atoms with Gasteiger partial charge in [-0.3, -0.25) is 4.21 Å². The Bertz CT molecular complexity index is 385. The lowest BCUT2D eigenvalue weighted by Crippen LogP contribution is -2.15. The Morgan fingerprint density at radius 3 is 2.50 bits per heavy atom. The van der Waals surface area contributed by atoms with Crippen LogP contribution in [-0.2, 0) is 10.8 Å². The summed E-state index contributed by atoms with van der Waals surface area (Å²) >= 11 is 0. The second-order valence-electron chi connectivity index (χ2n) is 3.65. The normalized spacial score (nSPS) is 19.6. The zero-order valence-electron chi connectivity index (χ0n) is 7.90. The third kappa shape index (κ3) is 1.60. The van der Waals surface area contributed by atoms with E-state index in [2.05, 4.69) is 5.92 Å². The summed E-state index contributed by atoms with van der Waals surface area (Å²) in [6, 6.07) is 9.58. The molecular weight excluding hydrogens is 192 g/mol. The third-order valence-corrected chi connectivity index (χ3v) is 4.62. The predicted octanol–water partition coefficient (Wildman–Crippen LogP) is 2.35. The molecule has 0 heterocycles. The topological polar surface area (TPSA) is 17.1 Å². The van der Waals surface area contributed by atoms with Crippen LogP contribution in [0.25, 0.3) is 0 Å². The molecule has 72 valence electrons. The Morgan fingerprint density at radius 1 is 1.36 bits per heavy atom. The van der Waals surface area contributed by atoms with Crippen molar-refractivity contribution >= 4 is 10.8 Å². The molecule has 1 atom stereocenters. The summed E-state index contributed by atoms with van der Waals surface area (Å²) in [5.41, 5.74) is 0. The molecule has 0 N–H and O–H groups in total. The maximum absolute atomic E-state index is 12.1. The molecule has 1 nitrogen and oxygen atoms in total. The lowest BCUT2D eigenvalue weighted by molar-refractivity contribution is 0.668. The predicted molar refractivity (Wildman–Crippen MR) is 58.3 cm³/mol. The van der Waals surface area contributed by atoms with E-state index in [1.165, 1.54) is 0 Å². The van der Waals surface area contributed by atoms with E-state index in [-0.39, 0.29) is 4.75 Å². The van der Waals surface area contributed by atoms with Crippen molar-refractivity contribution in [1.82, 2.24) is 0 Å². The molecule has 0 saturated heterocycles. The number of benzene rings is 1. The van der Waals surface area contributed by atoms with Gasteiger partial charge in [-0.15, -0.1) is 12.3 Å². The van der Waals surface area contributed by atoms with Crippen molar-refractivity contribution in [2.45, 2.75) is 28.9 Å². The van der Waals surface area contributed by atoms with E-state index in [1.807, 2.05) is 30.3 Å². The van der Waals surface area contributed by atoms with Crippen molar-refractivity contribution in [3.63, 3.8) is 0 Å². The number of hydrogen-bond acceptors (Lipinski definition) is 1. The second-order valence-corrected chi connectivity index (χ2v) is 5.52. The van der Waals surface area contributed by atoms with Crippen LogP contribution in [-0.4, -0.2) is 8.96 Å². The molecule has 0 aromatic heterocycles. The van der Waals surface area contributed by atoms with Crippen LogP contribution in [0.1, 0.15) is 19.3 Å². The Hall–Kier alpha value is -1.07. The van der Waals surface area contributed by atoms with E-state index in [0.717, 1.165) is 17.7 Å². The van der Waals surface area contributed by atoms with E-state index < -0.39 is 10.8 Å². The zero-order valence-corrected chi connectivity index (χ0v) is 8.72. The lowest BCUT2D eigenvalue weighted by Gasteiger charge is -2.10. The van der Waals surface area contributed by atoms with Gasteiger partial charge in [-0.2, -0.15) is 0 Å². The highest BCUT2D eigenvalue weighted by molar-refractivity contribution is 7.86. The van der Waals surface area contributed by atoms with E-state index >= 15 is 0 Å². The molecule has 1 unspecified atom stereocenters. The van der Waals surface area contributed by atoms with Crippen molar-refractivity contribution in [2.75, 3.05) is 0 Å². The molecule has 0 spiro atoms. The molecule has 1 aliphatic carbocycles. The van der Waals surface area contributed by atoms with Gasteiger partial charge in [0.05, 0.1) is 15.5 Å². The summed E-state index contributed by atoms with van der Waals surface area (Å²) in [6.07, 6.45) is 7.92. The number of hydrogen-bond donors (Lipinski definition) is 0. The van der Waals surface area contributed by atoms with Gasteiger partial charge < -0.3 is 0 Å². The molecule has 1 saturated carbocycles.